The zero-order valence-corrected chi connectivity index (χ0v) is 9.64. The quantitative estimate of drug-likeness (QED) is 0.719. The molecule has 5 nitrogen and oxygen atoms in total. The Labute approximate surface area is 99.6 Å². The van der Waals surface area contributed by atoms with Crippen molar-refractivity contribution in [2.45, 2.75) is 13.3 Å². The van der Waals surface area contributed by atoms with Gasteiger partial charge in [-0.05, 0) is 30.2 Å². The fourth-order valence-electron chi connectivity index (χ4n) is 1.80. The van der Waals surface area contributed by atoms with Crippen LogP contribution in [0.1, 0.15) is 13.3 Å². The number of benzene rings is 1. The van der Waals surface area contributed by atoms with Gasteiger partial charge in [0.25, 0.3) is 0 Å². The SMILES string of the molecule is CC1CNC(=O)N(c2ccc(N)cc2)C(=O)C1. The molecule has 0 spiro atoms. The van der Waals surface area contributed by atoms with Gasteiger partial charge in [0, 0.05) is 18.7 Å². The van der Waals surface area contributed by atoms with E-state index in [1.807, 2.05) is 6.92 Å². The van der Waals surface area contributed by atoms with Crippen LogP contribution in [0.2, 0.25) is 0 Å². The lowest BCUT2D eigenvalue weighted by Gasteiger charge is -2.18. The predicted octanol–water partition coefficient (Wildman–Crippen LogP) is 1.35. The van der Waals surface area contributed by atoms with Gasteiger partial charge < -0.3 is 11.1 Å². The van der Waals surface area contributed by atoms with Crippen LogP contribution in [-0.4, -0.2) is 18.5 Å². The van der Waals surface area contributed by atoms with E-state index in [1.54, 1.807) is 24.3 Å². The molecule has 90 valence electrons. The van der Waals surface area contributed by atoms with Gasteiger partial charge in [0.15, 0.2) is 0 Å². The molecule has 0 saturated carbocycles. The van der Waals surface area contributed by atoms with Gasteiger partial charge in [-0.3, -0.25) is 4.79 Å². The number of nitrogens with two attached hydrogens (primary N) is 1. The first-order valence-electron chi connectivity index (χ1n) is 5.54. The second kappa shape index (κ2) is 4.45. The van der Waals surface area contributed by atoms with Gasteiger partial charge in [-0.25, -0.2) is 9.69 Å². The van der Waals surface area contributed by atoms with E-state index in [0.717, 1.165) is 0 Å². The number of urea groups is 1. The van der Waals surface area contributed by atoms with Crippen LogP contribution in [0.15, 0.2) is 24.3 Å². The maximum atomic E-state index is 12.0. The highest BCUT2D eigenvalue weighted by Crippen LogP contribution is 2.20. The third-order valence-corrected chi connectivity index (χ3v) is 2.73. The maximum absolute atomic E-state index is 12.0. The van der Waals surface area contributed by atoms with Crippen LogP contribution in [0, 0.1) is 5.92 Å². The van der Waals surface area contributed by atoms with Crippen molar-refractivity contribution >= 4 is 23.3 Å². The molecule has 2 rings (SSSR count). The zero-order chi connectivity index (χ0) is 12.4. The Morgan fingerprint density at radius 2 is 1.94 bits per heavy atom. The van der Waals surface area contributed by atoms with Crippen molar-refractivity contribution in [1.82, 2.24) is 5.32 Å². The van der Waals surface area contributed by atoms with Gasteiger partial charge in [-0.1, -0.05) is 6.92 Å². The molecule has 1 aliphatic heterocycles. The van der Waals surface area contributed by atoms with E-state index in [0.29, 0.717) is 24.3 Å². The van der Waals surface area contributed by atoms with Gasteiger partial charge in [0.1, 0.15) is 0 Å². The second-order valence-corrected chi connectivity index (χ2v) is 4.32. The number of rotatable bonds is 1. The van der Waals surface area contributed by atoms with Crippen molar-refractivity contribution in [2.24, 2.45) is 5.92 Å². The fraction of sp³-hybridized carbons (Fsp3) is 0.333. The maximum Gasteiger partial charge on any atom is 0.328 e. The second-order valence-electron chi connectivity index (χ2n) is 4.32. The number of hydrogen-bond donors (Lipinski definition) is 2. The fourth-order valence-corrected chi connectivity index (χ4v) is 1.80. The Kier molecular flexibility index (Phi) is 2.99. The molecule has 0 bridgehead atoms. The van der Waals surface area contributed by atoms with E-state index in [1.165, 1.54) is 4.90 Å². The van der Waals surface area contributed by atoms with Crippen molar-refractivity contribution in [2.75, 3.05) is 17.2 Å². The number of carbonyl (C=O) groups excluding carboxylic acids is 2. The molecule has 3 N–H and O–H groups in total. The van der Waals surface area contributed by atoms with Crippen LogP contribution < -0.4 is 16.0 Å². The summed E-state index contributed by atoms with van der Waals surface area (Å²) in [5, 5.41) is 2.72. The van der Waals surface area contributed by atoms with Gasteiger partial charge in [-0.2, -0.15) is 0 Å². The lowest BCUT2D eigenvalue weighted by Crippen LogP contribution is -2.41. The Hall–Kier alpha value is -2.04. The number of carbonyl (C=O) groups is 2. The highest BCUT2D eigenvalue weighted by Gasteiger charge is 2.28. The van der Waals surface area contributed by atoms with Crippen LogP contribution in [-0.2, 0) is 4.79 Å². The number of anilines is 2. The normalized spacial score (nSPS) is 21.0. The monoisotopic (exact) mass is 233 g/mol. The van der Waals surface area contributed by atoms with Crippen molar-refractivity contribution in [1.29, 1.82) is 0 Å². The van der Waals surface area contributed by atoms with Crippen molar-refractivity contribution in [3.8, 4) is 0 Å². The summed E-state index contributed by atoms with van der Waals surface area (Å²) < 4.78 is 0. The average Bonchev–Trinajstić information content (AvgIpc) is 2.40. The van der Waals surface area contributed by atoms with Crippen LogP contribution in [0.25, 0.3) is 0 Å². The lowest BCUT2D eigenvalue weighted by molar-refractivity contribution is -0.118. The summed E-state index contributed by atoms with van der Waals surface area (Å²) in [6, 6.07) is 6.31. The molecular weight excluding hydrogens is 218 g/mol. The van der Waals surface area contributed by atoms with Gasteiger partial charge in [0.2, 0.25) is 5.91 Å². The Morgan fingerprint density at radius 1 is 1.29 bits per heavy atom. The van der Waals surface area contributed by atoms with E-state index >= 15 is 0 Å². The van der Waals surface area contributed by atoms with E-state index in [-0.39, 0.29) is 17.9 Å². The molecule has 1 aromatic rings. The molecule has 17 heavy (non-hydrogen) atoms. The molecule has 0 aromatic heterocycles. The van der Waals surface area contributed by atoms with Gasteiger partial charge in [0.05, 0.1) is 5.69 Å². The zero-order valence-electron chi connectivity index (χ0n) is 9.64. The number of imide groups is 1. The van der Waals surface area contributed by atoms with E-state index in [9.17, 15) is 9.59 Å². The molecule has 1 unspecified atom stereocenters. The molecular formula is C12H15N3O2. The number of amides is 3. The van der Waals surface area contributed by atoms with E-state index in [2.05, 4.69) is 5.32 Å². The molecule has 3 amide bonds. The summed E-state index contributed by atoms with van der Waals surface area (Å²) in [6.07, 6.45) is 0.364. The van der Waals surface area contributed by atoms with Crippen molar-refractivity contribution < 1.29 is 9.59 Å². The van der Waals surface area contributed by atoms with Crippen LogP contribution in [0.3, 0.4) is 0 Å². The summed E-state index contributed by atoms with van der Waals surface area (Å²) >= 11 is 0. The molecule has 1 aromatic carbocycles. The molecule has 1 saturated heterocycles. The highest BCUT2D eigenvalue weighted by molar-refractivity contribution is 6.14. The van der Waals surface area contributed by atoms with Crippen LogP contribution in [0.4, 0.5) is 16.2 Å². The first kappa shape index (κ1) is 11.4. The highest BCUT2D eigenvalue weighted by atomic mass is 16.2. The summed E-state index contributed by atoms with van der Waals surface area (Å²) in [4.78, 5) is 24.9. The molecule has 0 aliphatic carbocycles. The Balaban J connectivity index is 2.31. The van der Waals surface area contributed by atoms with E-state index < -0.39 is 0 Å². The van der Waals surface area contributed by atoms with Crippen LogP contribution in [0.5, 0.6) is 0 Å². The van der Waals surface area contributed by atoms with Crippen molar-refractivity contribution in [3.05, 3.63) is 24.3 Å². The van der Waals surface area contributed by atoms with Crippen LogP contribution >= 0.6 is 0 Å². The molecule has 1 fully saturated rings. The largest absolute Gasteiger partial charge is 0.399 e. The molecule has 5 heteroatoms. The molecule has 1 heterocycles. The minimum Gasteiger partial charge on any atom is -0.399 e. The Morgan fingerprint density at radius 3 is 2.59 bits per heavy atom. The van der Waals surface area contributed by atoms with E-state index in [4.69, 9.17) is 5.73 Å². The summed E-state index contributed by atoms with van der Waals surface area (Å²) in [7, 11) is 0. The Bertz CT molecular complexity index is 442. The van der Waals surface area contributed by atoms with Gasteiger partial charge >= 0.3 is 6.03 Å². The standard InChI is InChI=1S/C12H15N3O2/c1-8-6-11(16)15(12(17)14-7-8)10-4-2-9(13)3-5-10/h2-5,8H,6-7,13H2,1H3,(H,14,17). The molecule has 1 aliphatic rings. The minimum absolute atomic E-state index is 0.158. The first-order valence-corrected chi connectivity index (χ1v) is 5.54. The third kappa shape index (κ3) is 2.38. The third-order valence-electron chi connectivity index (χ3n) is 2.73. The lowest BCUT2D eigenvalue weighted by atomic mass is 10.1. The topological polar surface area (TPSA) is 75.4 Å². The smallest absolute Gasteiger partial charge is 0.328 e. The van der Waals surface area contributed by atoms with Gasteiger partial charge in [-0.15, -0.1) is 0 Å². The predicted molar refractivity (Wildman–Crippen MR) is 65.5 cm³/mol. The summed E-state index contributed by atoms with van der Waals surface area (Å²) in [6.45, 7) is 2.46. The average molecular weight is 233 g/mol. The number of nitrogens with zero attached hydrogens (tertiary/aromatic N) is 1. The minimum atomic E-state index is -0.371. The van der Waals surface area contributed by atoms with Crippen molar-refractivity contribution in [3.63, 3.8) is 0 Å². The molecule has 1 atom stereocenters. The number of nitrogens with one attached hydrogen (secondary N) is 1. The number of hydrogen-bond acceptors (Lipinski definition) is 3. The first-order chi connectivity index (χ1) is 8.08. The summed E-state index contributed by atoms with van der Waals surface area (Å²) in [5.41, 5.74) is 6.73. The number of nitrogen functional groups attached to an aromatic ring is 1. The molecule has 0 radical (unpaired) electrons. The summed E-state index contributed by atoms with van der Waals surface area (Å²) in [5.74, 6) is -0.0255.